The first-order valence-corrected chi connectivity index (χ1v) is 6.59. The standard InChI is InChI=1S/C13H25NO/c1-10-4-3-5-12(8-10)14-7-6-13(15)11(2)9-14/h10-13,15H,3-9H2,1-2H3. The second-order valence-electron chi connectivity index (χ2n) is 5.75. The van der Waals surface area contributed by atoms with Crippen LogP contribution in [0, 0.1) is 11.8 Å². The molecule has 0 bridgehead atoms. The summed E-state index contributed by atoms with van der Waals surface area (Å²) < 4.78 is 0. The van der Waals surface area contributed by atoms with Gasteiger partial charge in [-0.1, -0.05) is 26.7 Å². The van der Waals surface area contributed by atoms with Crippen molar-refractivity contribution in [2.45, 2.75) is 58.1 Å². The topological polar surface area (TPSA) is 23.5 Å². The quantitative estimate of drug-likeness (QED) is 0.719. The van der Waals surface area contributed by atoms with Gasteiger partial charge in [-0.05, 0) is 31.1 Å². The van der Waals surface area contributed by atoms with Gasteiger partial charge in [-0.15, -0.1) is 0 Å². The number of aliphatic hydroxyl groups is 1. The van der Waals surface area contributed by atoms with Crippen molar-refractivity contribution in [1.29, 1.82) is 0 Å². The summed E-state index contributed by atoms with van der Waals surface area (Å²) in [7, 11) is 0. The molecule has 4 unspecified atom stereocenters. The van der Waals surface area contributed by atoms with Crippen molar-refractivity contribution in [3.8, 4) is 0 Å². The van der Waals surface area contributed by atoms with Crippen LogP contribution < -0.4 is 0 Å². The number of aliphatic hydroxyl groups excluding tert-OH is 1. The molecule has 4 atom stereocenters. The molecule has 2 nitrogen and oxygen atoms in total. The van der Waals surface area contributed by atoms with E-state index in [2.05, 4.69) is 18.7 Å². The van der Waals surface area contributed by atoms with Gasteiger partial charge in [-0.25, -0.2) is 0 Å². The lowest BCUT2D eigenvalue weighted by Gasteiger charge is -2.42. The van der Waals surface area contributed by atoms with E-state index < -0.39 is 0 Å². The Bertz CT molecular complexity index is 207. The van der Waals surface area contributed by atoms with E-state index in [4.69, 9.17) is 0 Å². The van der Waals surface area contributed by atoms with E-state index in [1.807, 2.05) is 0 Å². The molecule has 0 radical (unpaired) electrons. The summed E-state index contributed by atoms with van der Waals surface area (Å²) in [4.78, 5) is 2.63. The smallest absolute Gasteiger partial charge is 0.0590 e. The third-order valence-corrected chi connectivity index (χ3v) is 4.32. The first kappa shape index (κ1) is 11.4. The Hall–Kier alpha value is -0.0800. The third-order valence-electron chi connectivity index (χ3n) is 4.32. The van der Waals surface area contributed by atoms with Gasteiger partial charge in [0.1, 0.15) is 0 Å². The van der Waals surface area contributed by atoms with E-state index in [1.165, 1.54) is 25.7 Å². The number of hydrogen-bond donors (Lipinski definition) is 1. The average Bonchev–Trinajstić information content (AvgIpc) is 2.22. The van der Waals surface area contributed by atoms with Crippen molar-refractivity contribution in [3.05, 3.63) is 0 Å². The predicted octanol–water partition coefficient (Wildman–Crippen LogP) is 2.27. The molecule has 15 heavy (non-hydrogen) atoms. The Balaban J connectivity index is 1.87. The number of piperidine rings is 1. The Kier molecular flexibility index (Phi) is 3.68. The van der Waals surface area contributed by atoms with E-state index >= 15 is 0 Å². The van der Waals surface area contributed by atoms with Crippen molar-refractivity contribution < 1.29 is 5.11 Å². The predicted molar refractivity (Wildman–Crippen MR) is 62.8 cm³/mol. The number of nitrogens with zero attached hydrogens (tertiary/aromatic N) is 1. The van der Waals surface area contributed by atoms with Crippen LogP contribution in [0.4, 0.5) is 0 Å². The highest BCUT2D eigenvalue weighted by Gasteiger charge is 2.30. The highest BCUT2D eigenvalue weighted by Crippen LogP contribution is 2.30. The molecule has 1 saturated heterocycles. The summed E-state index contributed by atoms with van der Waals surface area (Å²) in [5.74, 6) is 1.38. The third kappa shape index (κ3) is 2.73. The summed E-state index contributed by atoms with van der Waals surface area (Å²) in [5.41, 5.74) is 0. The Labute approximate surface area is 93.7 Å². The zero-order valence-electron chi connectivity index (χ0n) is 10.2. The van der Waals surface area contributed by atoms with Crippen molar-refractivity contribution in [2.75, 3.05) is 13.1 Å². The molecule has 0 aromatic rings. The fraction of sp³-hybridized carbons (Fsp3) is 1.00. The lowest BCUT2D eigenvalue weighted by atomic mass is 9.84. The molecule has 1 N–H and O–H groups in total. The normalized spacial score (nSPS) is 44.2. The van der Waals surface area contributed by atoms with Crippen LogP contribution in [0.25, 0.3) is 0 Å². The SMILES string of the molecule is CC1CCCC(N2CCC(O)C(C)C2)C1. The Morgan fingerprint density at radius 1 is 1.13 bits per heavy atom. The van der Waals surface area contributed by atoms with Gasteiger partial charge in [0.25, 0.3) is 0 Å². The van der Waals surface area contributed by atoms with Crippen LogP contribution in [-0.4, -0.2) is 35.2 Å². The molecule has 0 amide bonds. The van der Waals surface area contributed by atoms with Gasteiger partial charge in [0.15, 0.2) is 0 Å². The monoisotopic (exact) mass is 211 g/mol. The fourth-order valence-corrected chi connectivity index (χ4v) is 3.23. The molecule has 2 fully saturated rings. The van der Waals surface area contributed by atoms with Crippen LogP contribution in [-0.2, 0) is 0 Å². The highest BCUT2D eigenvalue weighted by molar-refractivity contribution is 4.84. The van der Waals surface area contributed by atoms with Crippen LogP contribution in [0.1, 0.15) is 46.0 Å². The zero-order valence-corrected chi connectivity index (χ0v) is 10.2. The maximum atomic E-state index is 9.72. The molecule has 0 aromatic heterocycles. The van der Waals surface area contributed by atoms with Crippen LogP contribution >= 0.6 is 0 Å². The van der Waals surface area contributed by atoms with E-state index in [-0.39, 0.29) is 6.10 Å². The summed E-state index contributed by atoms with van der Waals surface area (Å²) in [5, 5.41) is 9.72. The Morgan fingerprint density at radius 2 is 1.93 bits per heavy atom. The minimum Gasteiger partial charge on any atom is -0.393 e. The zero-order chi connectivity index (χ0) is 10.8. The molecule has 1 aliphatic carbocycles. The molecule has 2 heteroatoms. The van der Waals surface area contributed by atoms with Crippen molar-refractivity contribution >= 4 is 0 Å². The van der Waals surface area contributed by atoms with Crippen molar-refractivity contribution in [2.24, 2.45) is 11.8 Å². The molecule has 2 aliphatic rings. The maximum absolute atomic E-state index is 9.72. The van der Waals surface area contributed by atoms with Crippen molar-refractivity contribution in [3.63, 3.8) is 0 Å². The largest absolute Gasteiger partial charge is 0.393 e. The van der Waals surface area contributed by atoms with Gasteiger partial charge in [0, 0.05) is 19.1 Å². The van der Waals surface area contributed by atoms with Gasteiger partial charge in [-0.3, -0.25) is 4.90 Å². The number of hydrogen-bond acceptors (Lipinski definition) is 2. The van der Waals surface area contributed by atoms with Gasteiger partial charge in [0.2, 0.25) is 0 Å². The lowest BCUT2D eigenvalue weighted by Crippen LogP contribution is -2.48. The summed E-state index contributed by atoms with van der Waals surface area (Å²) in [6.45, 7) is 6.79. The Morgan fingerprint density at radius 3 is 2.60 bits per heavy atom. The first-order valence-electron chi connectivity index (χ1n) is 6.59. The molecule has 2 rings (SSSR count). The average molecular weight is 211 g/mol. The number of likely N-dealkylation sites (tertiary alicyclic amines) is 1. The van der Waals surface area contributed by atoms with Crippen molar-refractivity contribution in [1.82, 2.24) is 4.90 Å². The molecular weight excluding hydrogens is 186 g/mol. The molecular formula is C13H25NO. The van der Waals surface area contributed by atoms with Gasteiger partial charge >= 0.3 is 0 Å². The summed E-state index contributed by atoms with van der Waals surface area (Å²) in [6.07, 6.45) is 6.51. The van der Waals surface area contributed by atoms with Crippen LogP contribution in [0.2, 0.25) is 0 Å². The maximum Gasteiger partial charge on any atom is 0.0590 e. The number of rotatable bonds is 1. The summed E-state index contributed by atoms with van der Waals surface area (Å²) >= 11 is 0. The van der Waals surface area contributed by atoms with E-state index in [0.29, 0.717) is 5.92 Å². The van der Waals surface area contributed by atoms with E-state index in [1.54, 1.807) is 0 Å². The van der Waals surface area contributed by atoms with E-state index in [0.717, 1.165) is 31.5 Å². The van der Waals surface area contributed by atoms with Crippen LogP contribution in [0.5, 0.6) is 0 Å². The van der Waals surface area contributed by atoms with Crippen LogP contribution in [0.3, 0.4) is 0 Å². The molecule has 1 aliphatic heterocycles. The highest BCUT2D eigenvalue weighted by atomic mass is 16.3. The molecule has 0 aromatic carbocycles. The van der Waals surface area contributed by atoms with Gasteiger partial charge in [0.05, 0.1) is 6.10 Å². The molecule has 0 spiro atoms. The second-order valence-corrected chi connectivity index (χ2v) is 5.75. The fourth-order valence-electron chi connectivity index (χ4n) is 3.23. The van der Waals surface area contributed by atoms with Gasteiger partial charge in [-0.2, -0.15) is 0 Å². The minimum absolute atomic E-state index is 0.0535. The second kappa shape index (κ2) is 4.84. The minimum atomic E-state index is -0.0535. The van der Waals surface area contributed by atoms with E-state index in [9.17, 15) is 5.11 Å². The van der Waals surface area contributed by atoms with Gasteiger partial charge < -0.3 is 5.11 Å². The van der Waals surface area contributed by atoms with Crippen LogP contribution in [0.15, 0.2) is 0 Å². The molecule has 1 heterocycles. The molecule has 1 saturated carbocycles. The first-order chi connectivity index (χ1) is 7.16. The lowest BCUT2D eigenvalue weighted by molar-refractivity contribution is 0.00571. The summed E-state index contributed by atoms with van der Waals surface area (Å²) in [6, 6.07) is 0.809. The molecule has 88 valence electrons.